The molecule has 4 aromatic heterocycles. The summed E-state index contributed by atoms with van der Waals surface area (Å²) in [5, 5.41) is 0. The van der Waals surface area contributed by atoms with Gasteiger partial charge in [0.2, 0.25) is 0 Å². The monoisotopic (exact) mass is 787 g/mol. The molecule has 0 bridgehead atoms. The fourth-order valence-corrected chi connectivity index (χ4v) is 3.16. The van der Waals surface area contributed by atoms with Crippen LogP contribution in [0.2, 0.25) is 0 Å². The number of fused-ring (bicyclic) bond motifs is 2. The zero-order valence-corrected chi connectivity index (χ0v) is 26.9. The number of nitrogens with zero attached hydrogens (tertiary/aromatic N) is 4. The van der Waals surface area contributed by atoms with Gasteiger partial charge in [-0.05, 0) is 24.3 Å². The molecule has 0 amide bonds. The van der Waals surface area contributed by atoms with Crippen molar-refractivity contribution in [2.45, 2.75) is 42.5 Å². The topological polar surface area (TPSA) is 83.1 Å². The molecule has 4 heterocycles. The first kappa shape index (κ1) is 36.7. The summed E-state index contributed by atoms with van der Waals surface area (Å²) in [5.41, 5.74) is 5.62. The van der Waals surface area contributed by atoms with Crippen LogP contribution in [0.3, 0.4) is 0 Å². The number of H-pyrrole nitrogens is 2. The molecule has 2 aromatic carbocycles. The number of rotatable bonds is 2. The summed E-state index contributed by atoms with van der Waals surface area (Å²) in [6, 6.07) is 27.8. The minimum Gasteiger partial charge on any atom is -0.337 e. The number of aromatic amines is 2. The molecule has 0 fully saturated rings. The van der Waals surface area contributed by atoms with Crippen molar-refractivity contribution in [3.05, 3.63) is 97.3 Å². The minimum atomic E-state index is 0. The third kappa shape index (κ3) is 11.4. The Hall–Kier alpha value is -2.28. The molecule has 0 spiro atoms. The van der Waals surface area contributed by atoms with Gasteiger partial charge in [0.1, 0.15) is 11.6 Å². The summed E-state index contributed by atoms with van der Waals surface area (Å²) >= 11 is 4.74. The quantitative estimate of drug-likeness (QED) is 0.171. The van der Waals surface area contributed by atoms with Gasteiger partial charge < -0.3 is 9.97 Å². The average Bonchev–Trinajstić information content (AvgIpc) is 3.62. The number of hydrogen-bond acceptors (Lipinski definition) is 4. The van der Waals surface area contributed by atoms with Crippen LogP contribution in [0.4, 0.5) is 0 Å². The van der Waals surface area contributed by atoms with Gasteiger partial charge in [0.05, 0.1) is 11.0 Å². The molecule has 6 nitrogen and oxygen atoms in total. The molecule has 6 aromatic rings. The van der Waals surface area contributed by atoms with E-state index in [-0.39, 0.29) is 14.9 Å². The van der Waals surface area contributed by atoms with Gasteiger partial charge in [0, 0.05) is 23.5 Å². The maximum atomic E-state index is 4.42. The van der Waals surface area contributed by atoms with E-state index in [1.807, 2.05) is 113 Å². The summed E-state index contributed by atoms with van der Waals surface area (Å²) in [4.78, 5) is 23.7. The van der Waals surface area contributed by atoms with Gasteiger partial charge in [0.15, 0.2) is 11.3 Å². The molecule has 2 N–H and O–H groups in total. The van der Waals surface area contributed by atoms with Crippen LogP contribution in [-0.2, 0) is 9.47 Å². The third-order valence-electron chi connectivity index (χ3n) is 4.61. The fourth-order valence-electron chi connectivity index (χ4n) is 3.16. The van der Waals surface area contributed by atoms with Crippen LogP contribution in [-0.4, -0.2) is 29.9 Å². The van der Waals surface area contributed by atoms with Crippen LogP contribution < -0.4 is 0 Å². The predicted molar refractivity (Wildman–Crippen MR) is 183 cm³/mol. The Balaban J connectivity index is 0.000000580. The van der Waals surface area contributed by atoms with Crippen LogP contribution in [0, 0.1) is 0 Å². The molecule has 9 heteroatoms. The second kappa shape index (κ2) is 21.5. The second-order valence-corrected chi connectivity index (χ2v) is 18.5. The van der Waals surface area contributed by atoms with Gasteiger partial charge in [0.25, 0.3) is 0 Å². The van der Waals surface area contributed by atoms with E-state index in [1.165, 1.54) is 0 Å². The molecular formula is C30H38I2N6V. The smallest absolute Gasteiger partial charge is 0.178 e. The van der Waals surface area contributed by atoms with E-state index in [2.05, 4.69) is 69.9 Å². The zero-order valence-electron chi connectivity index (χ0n) is 21.2. The summed E-state index contributed by atoms with van der Waals surface area (Å²) < 4.78 is 0. The maximum absolute atomic E-state index is 4.42. The molecule has 0 aliphatic rings. The van der Waals surface area contributed by atoms with Gasteiger partial charge in [-0.25, -0.2) is 19.9 Å². The molecule has 0 saturated carbocycles. The van der Waals surface area contributed by atoms with Crippen molar-refractivity contribution >= 4 is 62.3 Å². The minimum absolute atomic E-state index is 0. The van der Waals surface area contributed by atoms with Crippen LogP contribution in [0.15, 0.2) is 97.3 Å². The summed E-state index contributed by atoms with van der Waals surface area (Å²) in [6.45, 7) is 8.00. The van der Waals surface area contributed by atoms with E-state index in [0.29, 0.717) is 9.47 Å². The van der Waals surface area contributed by atoms with Gasteiger partial charge in [-0.15, -0.1) is 0 Å². The van der Waals surface area contributed by atoms with E-state index in [1.54, 1.807) is 12.4 Å². The third-order valence-corrected chi connectivity index (χ3v) is 4.61. The van der Waals surface area contributed by atoms with Gasteiger partial charge in [-0.2, -0.15) is 0 Å². The molecule has 0 radical (unpaired) electrons. The molecule has 0 saturated heterocycles. The molecular weight excluding hydrogens is 749 g/mol. The molecule has 39 heavy (non-hydrogen) atoms. The Kier molecular flexibility index (Phi) is 20.3. The Labute approximate surface area is 262 Å². The molecule has 0 aliphatic heterocycles. The standard InChI is InChI=1S/2C12H9N3.2C2H6.2CH4.2HI.V/c2*1-2-5-9(6-3-1)11-14-10-7-4-8-13-12(10)15-11;2*1-2;;;;;/h2*1-8H,(H,13,14,15);2*1-2H3;2*1H4;2*1H;/q;;;;;;;;+2/p-2. The zero-order chi connectivity index (χ0) is 26.9. The van der Waals surface area contributed by atoms with Crippen LogP contribution in [0.5, 0.6) is 0 Å². The molecule has 0 atom stereocenters. The van der Waals surface area contributed by atoms with Crippen LogP contribution in [0.25, 0.3) is 45.1 Å². The molecule has 207 valence electrons. The number of pyridine rings is 2. The fraction of sp³-hybridized carbons (Fsp3) is 0.200. The van der Waals surface area contributed by atoms with Crippen molar-refractivity contribution < 1.29 is 9.47 Å². The van der Waals surface area contributed by atoms with Gasteiger partial charge >= 0.3 is 49.4 Å². The summed E-state index contributed by atoms with van der Waals surface area (Å²) in [5.74, 6) is 1.73. The van der Waals surface area contributed by atoms with E-state index < -0.39 is 0 Å². The van der Waals surface area contributed by atoms with Gasteiger partial charge in [-0.3, -0.25) is 0 Å². The van der Waals surface area contributed by atoms with Crippen molar-refractivity contribution in [3.63, 3.8) is 0 Å². The maximum Gasteiger partial charge on any atom is 0.178 e. The largest absolute Gasteiger partial charge is 0.337 e. The Morgan fingerprint density at radius 3 is 1.18 bits per heavy atom. The predicted octanol–water partition coefficient (Wildman–Crippen LogP) is 10.3. The molecule has 0 unspecified atom stereocenters. The molecule has 6 rings (SSSR count). The normalized spacial score (nSPS) is 8.87. The SMILES string of the molecule is C.C.CC.CC.[I][V][I].c1ccc(-c2nc3ncccc3[nH]2)cc1.c1ccc(-c2nc3ncccc3[nH]2)cc1. The Morgan fingerprint density at radius 2 is 0.872 bits per heavy atom. The van der Waals surface area contributed by atoms with Crippen molar-refractivity contribution in [3.8, 4) is 22.8 Å². The number of aromatic nitrogens is 6. The van der Waals surface area contributed by atoms with E-state index >= 15 is 0 Å². The van der Waals surface area contributed by atoms with E-state index in [4.69, 9.17) is 0 Å². The second-order valence-electron chi connectivity index (χ2n) is 6.72. The number of nitrogens with one attached hydrogen (secondary N) is 2. The average molecular weight is 787 g/mol. The van der Waals surface area contributed by atoms with Crippen LogP contribution in [0.1, 0.15) is 42.5 Å². The Bertz CT molecular complexity index is 1250. The van der Waals surface area contributed by atoms with Crippen molar-refractivity contribution in [1.82, 2.24) is 29.9 Å². The number of hydrogen-bond donors (Lipinski definition) is 2. The first-order chi connectivity index (χ1) is 18.3. The van der Waals surface area contributed by atoms with Crippen molar-refractivity contribution in [1.29, 1.82) is 0 Å². The molecule has 0 aliphatic carbocycles. The van der Waals surface area contributed by atoms with Crippen LogP contribution >= 0.6 is 40.0 Å². The number of benzene rings is 2. The van der Waals surface area contributed by atoms with Gasteiger partial charge in [-0.1, -0.05) is 103 Å². The first-order valence-electron chi connectivity index (χ1n) is 11.9. The first-order valence-corrected chi connectivity index (χ1v) is 20.9. The number of halogens is 2. The van der Waals surface area contributed by atoms with Crippen molar-refractivity contribution in [2.24, 2.45) is 0 Å². The van der Waals surface area contributed by atoms with E-state index in [9.17, 15) is 0 Å². The Morgan fingerprint density at radius 1 is 0.538 bits per heavy atom. The summed E-state index contributed by atoms with van der Waals surface area (Å²) in [7, 11) is 0.628. The number of imidazole rings is 2. The summed E-state index contributed by atoms with van der Waals surface area (Å²) in [6.07, 6.45) is 3.50. The van der Waals surface area contributed by atoms with E-state index in [0.717, 1.165) is 45.1 Å². The van der Waals surface area contributed by atoms with Crippen molar-refractivity contribution in [2.75, 3.05) is 0 Å².